The van der Waals surface area contributed by atoms with Gasteiger partial charge in [0.25, 0.3) is 5.69 Å². The molecule has 1 aliphatic carbocycles. The number of rotatable bonds is 8. The molecule has 0 aliphatic heterocycles. The predicted molar refractivity (Wildman–Crippen MR) is 103 cm³/mol. The van der Waals surface area contributed by atoms with Gasteiger partial charge in [0, 0.05) is 12.5 Å². The van der Waals surface area contributed by atoms with Crippen molar-refractivity contribution >= 4 is 11.7 Å². The van der Waals surface area contributed by atoms with Crippen molar-refractivity contribution in [2.45, 2.75) is 44.6 Å². The number of methoxy groups -OCH3 is 1. The molecule has 0 radical (unpaired) electrons. The Balaban J connectivity index is 1.58. The van der Waals surface area contributed by atoms with Gasteiger partial charge in [0.15, 0.2) is 11.5 Å². The molecule has 1 fully saturated rings. The lowest BCUT2D eigenvalue weighted by molar-refractivity contribution is -0.384. The summed E-state index contributed by atoms with van der Waals surface area (Å²) < 4.78 is 16.4. The lowest BCUT2D eigenvalue weighted by Crippen LogP contribution is -2.11. The fourth-order valence-corrected chi connectivity index (χ4v) is 3.25. The molecular weight excluding hydrogens is 362 g/mol. The topological polar surface area (TPSA) is 87.9 Å². The summed E-state index contributed by atoms with van der Waals surface area (Å²) in [5.74, 6) is 0.643. The van der Waals surface area contributed by atoms with Crippen LogP contribution in [-0.2, 0) is 11.2 Å². The third kappa shape index (κ3) is 5.22. The molecule has 7 nitrogen and oxygen atoms in total. The van der Waals surface area contributed by atoms with Gasteiger partial charge < -0.3 is 14.2 Å². The molecule has 2 aromatic carbocycles. The van der Waals surface area contributed by atoms with Crippen molar-refractivity contribution in [3.63, 3.8) is 0 Å². The Kier molecular flexibility index (Phi) is 6.47. The van der Waals surface area contributed by atoms with Crippen molar-refractivity contribution < 1.29 is 23.9 Å². The van der Waals surface area contributed by atoms with Gasteiger partial charge >= 0.3 is 5.97 Å². The number of esters is 1. The van der Waals surface area contributed by atoms with Gasteiger partial charge in [-0.15, -0.1) is 0 Å². The smallest absolute Gasteiger partial charge is 0.311 e. The van der Waals surface area contributed by atoms with E-state index in [9.17, 15) is 14.9 Å². The van der Waals surface area contributed by atoms with Gasteiger partial charge in [0.1, 0.15) is 5.75 Å². The Hall–Kier alpha value is -3.09. The number of carbonyl (C=O) groups is 1. The first-order valence-electron chi connectivity index (χ1n) is 9.34. The number of carbonyl (C=O) groups excluding carboxylic acids is 1. The highest BCUT2D eigenvalue weighted by Gasteiger charge is 2.17. The Morgan fingerprint density at radius 2 is 1.93 bits per heavy atom. The molecule has 0 saturated heterocycles. The van der Waals surface area contributed by atoms with Crippen LogP contribution in [0.25, 0.3) is 0 Å². The predicted octanol–water partition coefficient (Wildman–Crippen LogP) is 4.46. The number of non-ortho nitro benzene ring substituents is 1. The Morgan fingerprint density at radius 3 is 2.64 bits per heavy atom. The fraction of sp³-hybridized carbons (Fsp3) is 0.381. The maximum Gasteiger partial charge on any atom is 0.311 e. The zero-order chi connectivity index (χ0) is 19.9. The summed E-state index contributed by atoms with van der Waals surface area (Å²) in [4.78, 5) is 22.6. The van der Waals surface area contributed by atoms with E-state index in [1.807, 2.05) is 24.3 Å². The zero-order valence-electron chi connectivity index (χ0n) is 15.8. The SMILES string of the molecule is COc1ccc([N+](=O)[O-])cc1OC(=O)CCc1cccc(OC2CCCC2)c1. The number of hydrogen-bond donors (Lipinski definition) is 0. The van der Waals surface area contributed by atoms with E-state index in [2.05, 4.69) is 0 Å². The number of ether oxygens (including phenoxy) is 3. The van der Waals surface area contributed by atoms with Crippen LogP contribution in [-0.4, -0.2) is 24.1 Å². The maximum absolute atomic E-state index is 12.2. The number of nitro benzene ring substituents is 1. The average molecular weight is 385 g/mol. The molecule has 0 amide bonds. The number of benzene rings is 2. The van der Waals surface area contributed by atoms with Crippen LogP contribution in [0, 0.1) is 10.1 Å². The minimum Gasteiger partial charge on any atom is -0.493 e. The molecule has 1 aliphatic rings. The number of hydrogen-bond acceptors (Lipinski definition) is 6. The maximum atomic E-state index is 12.2. The fourth-order valence-electron chi connectivity index (χ4n) is 3.25. The van der Waals surface area contributed by atoms with Crippen LogP contribution in [0.1, 0.15) is 37.7 Å². The highest BCUT2D eigenvalue weighted by atomic mass is 16.6. The summed E-state index contributed by atoms with van der Waals surface area (Å²) in [6, 6.07) is 11.6. The zero-order valence-corrected chi connectivity index (χ0v) is 15.8. The van der Waals surface area contributed by atoms with Gasteiger partial charge in [-0.1, -0.05) is 12.1 Å². The van der Waals surface area contributed by atoms with Crippen LogP contribution in [0.3, 0.4) is 0 Å². The quantitative estimate of drug-likeness (QED) is 0.288. The standard InChI is InChI=1S/C21H23NO6/c1-26-19-11-10-16(22(24)25)14-20(19)28-21(23)12-9-15-5-4-8-18(13-15)27-17-6-2-3-7-17/h4-5,8,10-11,13-14,17H,2-3,6-7,9,12H2,1H3. The van der Waals surface area contributed by atoms with Crippen molar-refractivity contribution in [1.29, 1.82) is 0 Å². The van der Waals surface area contributed by atoms with Gasteiger partial charge in [0.05, 0.1) is 24.2 Å². The molecule has 2 aromatic rings. The summed E-state index contributed by atoms with van der Waals surface area (Å²) in [7, 11) is 1.41. The molecule has 0 bridgehead atoms. The first kappa shape index (κ1) is 19.7. The summed E-state index contributed by atoms with van der Waals surface area (Å²) in [6.45, 7) is 0. The second-order valence-electron chi connectivity index (χ2n) is 6.74. The van der Waals surface area contributed by atoms with Crippen molar-refractivity contribution in [1.82, 2.24) is 0 Å². The third-order valence-corrected chi connectivity index (χ3v) is 4.70. The van der Waals surface area contributed by atoms with Crippen molar-refractivity contribution in [2.75, 3.05) is 7.11 Å². The number of nitrogens with zero attached hydrogens (tertiary/aromatic N) is 1. The summed E-state index contributed by atoms with van der Waals surface area (Å²) in [5, 5.41) is 10.9. The molecule has 28 heavy (non-hydrogen) atoms. The molecular formula is C21H23NO6. The van der Waals surface area contributed by atoms with Crippen molar-refractivity contribution in [3.05, 3.63) is 58.1 Å². The van der Waals surface area contributed by atoms with Crippen LogP contribution in [0.15, 0.2) is 42.5 Å². The largest absolute Gasteiger partial charge is 0.493 e. The van der Waals surface area contributed by atoms with E-state index >= 15 is 0 Å². The summed E-state index contributed by atoms with van der Waals surface area (Å²) in [6.07, 6.45) is 5.48. The van der Waals surface area contributed by atoms with Gasteiger partial charge in [-0.3, -0.25) is 14.9 Å². The van der Waals surface area contributed by atoms with E-state index in [1.54, 1.807) is 0 Å². The van der Waals surface area contributed by atoms with Crippen LogP contribution in [0.4, 0.5) is 5.69 Å². The molecule has 3 rings (SSSR count). The second kappa shape index (κ2) is 9.21. The number of nitro groups is 1. The van der Waals surface area contributed by atoms with Crippen molar-refractivity contribution in [3.8, 4) is 17.2 Å². The molecule has 0 heterocycles. The highest BCUT2D eigenvalue weighted by molar-refractivity contribution is 5.74. The summed E-state index contributed by atoms with van der Waals surface area (Å²) >= 11 is 0. The van der Waals surface area contributed by atoms with E-state index in [4.69, 9.17) is 14.2 Å². The number of aryl methyl sites for hydroxylation is 1. The van der Waals surface area contributed by atoms with E-state index in [1.165, 1.54) is 38.2 Å². The van der Waals surface area contributed by atoms with Crippen LogP contribution in [0.5, 0.6) is 17.2 Å². The van der Waals surface area contributed by atoms with E-state index in [0.717, 1.165) is 24.2 Å². The van der Waals surface area contributed by atoms with Crippen LogP contribution >= 0.6 is 0 Å². The molecule has 7 heteroatoms. The first-order valence-corrected chi connectivity index (χ1v) is 9.34. The van der Waals surface area contributed by atoms with E-state index < -0.39 is 10.9 Å². The highest BCUT2D eigenvalue weighted by Crippen LogP contribution is 2.31. The average Bonchev–Trinajstić information content (AvgIpc) is 3.19. The molecule has 0 N–H and O–H groups in total. The van der Waals surface area contributed by atoms with Crippen LogP contribution < -0.4 is 14.2 Å². The van der Waals surface area contributed by atoms with E-state index in [-0.39, 0.29) is 29.7 Å². The lowest BCUT2D eigenvalue weighted by Gasteiger charge is -2.14. The molecule has 0 atom stereocenters. The van der Waals surface area contributed by atoms with Crippen molar-refractivity contribution in [2.24, 2.45) is 0 Å². The normalized spacial score (nSPS) is 13.9. The molecule has 0 spiro atoms. The minimum atomic E-state index is -0.549. The minimum absolute atomic E-state index is 0.0417. The molecule has 1 saturated carbocycles. The van der Waals surface area contributed by atoms with E-state index in [0.29, 0.717) is 6.42 Å². The molecule has 148 valence electrons. The molecule has 0 unspecified atom stereocenters. The first-order chi connectivity index (χ1) is 13.5. The monoisotopic (exact) mass is 385 g/mol. The Morgan fingerprint density at radius 1 is 1.14 bits per heavy atom. The Bertz CT molecular complexity index is 845. The molecule has 0 aromatic heterocycles. The van der Waals surface area contributed by atoms with Gasteiger partial charge in [-0.2, -0.15) is 0 Å². The van der Waals surface area contributed by atoms with Crippen LogP contribution in [0.2, 0.25) is 0 Å². The van der Waals surface area contributed by atoms with Gasteiger partial charge in [-0.05, 0) is 55.9 Å². The lowest BCUT2D eigenvalue weighted by atomic mass is 10.1. The summed E-state index contributed by atoms with van der Waals surface area (Å²) in [5.41, 5.74) is 0.804. The third-order valence-electron chi connectivity index (χ3n) is 4.70. The van der Waals surface area contributed by atoms with Gasteiger partial charge in [-0.25, -0.2) is 0 Å². The van der Waals surface area contributed by atoms with Gasteiger partial charge in [0.2, 0.25) is 0 Å². The Labute approximate surface area is 163 Å². The second-order valence-corrected chi connectivity index (χ2v) is 6.74.